The van der Waals surface area contributed by atoms with Crippen LogP contribution in [0, 0.1) is 0 Å². The number of benzene rings is 1. The molecule has 1 aromatic carbocycles. The molecular formula is C16H24ClNS. The van der Waals surface area contributed by atoms with Gasteiger partial charge in [-0.3, -0.25) is 0 Å². The number of rotatable bonds is 5. The van der Waals surface area contributed by atoms with E-state index in [-0.39, 0.29) is 0 Å². The molecule has 2 unspecified atom stereocenters. The van der Waals surface area contributed by atoms with E-state index in [1.54, 1.807) is 0 Å². The molecule has 1 aromatic rings. The van der Waals surface area contributed by atoms with Gasteiger partial charge in [0.25, 0.3) is 0 Å². The highest BCUT2D eigenvalue weighted by Gasteiger charge is 2.23. The van der Waals surface area contributed by atoms with E-state index in [9.17, 15) is 0 Å². The van der Waals surface area contributed by atoms with Crippen molar-refractivity contribution in [2.45, 2.75) is 56.1 Å². The molecule has 1 nitrogen and oxygen atoms in total. The van der Waals surface area contributed by atoms with Crippen molar-refractivity contribution >= 4 is 23.4 Å². The fraction of sp³-hybridized carbons (Fsp3) is 0.625. The largest absolute Gasteiger partial charge is 0.313 e. The molecule has 2 rings (SSSR count). The van der Waals surface area contributed by atoms with Crippen molar-refractivity contribution in [3.63, 3.8) is 0 Å². The van der Waals surface area contributed by atoms with Crippen LogP contribution in [0.5, 0.6) is 0 Å². The zero-order chi connectivity index (χ0) is 13.5. The van der Waals surface area contributed by atoms with Gasteiger partial charge in [-0.25, -0.2) is 0 Å². The third-order valence-corrected chi connectivity index (χ3v) is 5.67. The highest BCUT2D eigenvalue weighted by Crippen LogP contribution is 2.31. The fourth-order valence-corrected chi connectivity index (χ4v) is 4.51. The zero-order valence-electron chi connectivity index (χ0n) is 11.7. The summed E-state index contributed by atoms with van der Waals surface area (Å²) in [6, 6.07) is 8.90. The Hall–Kier alpha value is -0.180. The van der Waals surface area contributed by atoms with Crippen LogP contribution in [0.3, 0.4) is 0 Å². The van der Waals surface area contributed by atoms with Gasteiger partial charge in [0, 0.05) is 22.1 Å². The maximum atomic E-state index is 6.24. The predicted octanol–water partition coefficient (Wildman–Crippen LogP) is 4.88. The van der Waals surface area contributed by atoms with E-state index in [1.165, 1.54) is 37.7 Å². The molecule has 0 amide bonds. The molecule has 0 heterocycles. The lowest BCUT2D eigenvalue weighted by atomic mass is 10.1. The van der Waals surface area contributed by atoms with Crippen molar-refractivity contribution in [1.82, 2.24) is 5.32 Å². The number of halogens is 1. The summed E-state index contributed by atoms with van der Waals surface area (Å²) in [4.78, 5) is 0. The van der Waals surface area contributed by atoms with Crippen molar-refractivity contribution in [3.8, 4) is 0 Å². The molecule has 106 valence electrons. The average Bonchev–Trinajstić information content (AvgIpc) is 2.64. The molecular weight excluding hydrogens is 274 g/mol. The average molecular weight is 298 g/mol. The molecule has 3 heteroatoms. The van der Waals surface area contributed by atoms with Crippen LogP contribution in [0.2, 0.25) is 5.02 Å². The number of thioether (sulfide) groups is 1. The van der Waals surface area contributed by atoms with Gasteiger partial charge in [0.05, 0.1) is 0 Å². The van der Waals surface area contributed by atoms with Gasteiger partial charge in [-0.15, -0.1) is 0 Å². The molecule has 1 fully saturated rings. The molecule has 0 bridgehead atoms. The Balaban J connectivity index is 1.93. The Morgan fingerprint density at radius 1 is 1.21 bits per heavy atom. The smallest absolute Gasteiger partial charge is 0.0446 e. The quantitative estimate of drug-likeness (QED) is 0.777. The summed E-state index contributed by atoms with van der Waals surface area (Å²) < 4.78 is 0. The van der Waals surface area contributed by atoms with Gasteiger partial charge >= 0.3 is 0 Å². The molecule has 0 spiro atoms. The molecule has 1 aliphatic rings. The Bertz CT molecular complexity index is 383. The molecule has 1 N–H and O–H groups in total. The first kappa shape index (κ1) is 15.2. The van der Waals surface area contributed by atoms with E-state index in [0.717, 1.165) is 22.6 Å². The lowest BCUT2D eigenvalue weighted by Crippen LogP contribution is -2.37. The minimum Gasteiger partial charge on any atom is -0.313 e. The van der Waals surface area contributed by atoms with E-state index in [0.29, 0.717) is 6.04 Å². The van der Waals surface area contributed by atoms with E-state index < -0.39 is 0 Å². The van der Waals surface area contributed by atoms with E-state index in [4.69, 9.17) is 11.6 Å². The van der Waals surface area contributed by atoms with Crippen LogP contribution in [0.1, 0.15) is 44.6 Å². The lowest BCUT2D eigenvalue weighted by molar-refractivity contribution is 0.482. The number of nitrogens with one attached hydrogen (secondary N) is 1. The van der Waals surface area contributed by atoms with Crippen LogP contribution < -0.4 is 5.32 Å². The summed E-state index contributed by atoms with van der Waals surface area (Å²) in [5.74, 6) is 1.03. The van der Waals surface area contributed by atoms with Crippen LogP contribution in [0.15, 0.2) is 24.3 Å². The van der Waals surface area contributed by atoms with Crippen LogP contribution in [0.25, 0.3) is 0 Å². The van der Waals surface area contributed by atoms with Crippen molar-refractivity contribution in [1.29, 1.82) is 0 Å². The second-order valence-corrected chi connectivity index (χ2v) is 6.88. The van der Waals surface area contributed by atoms with E-state index >= 15 is 0 Å². The number of hydrogen-bond donors (Lipinski definition) is 1. The second kappa shape index (κ2) is 8.18. The normalized spacial score (nSPS) is 24.1. The molecule has 0 aromatic heterocycles. The summed E-state index contributed by atoms with van der Waals surface area (Å²) in [6.45, 7) is 3.29. The maximum absolute atomic E-state index is 6.24. The van der Waals surface area contributed by atoms with Crippen LogP contribution in [-0.4, -0.2) is 17.8 Å². The summed E-state index contributed by atoms with van der Waals surface area (Å²) in [5, 5.41) is 5.31. The first-order valence-corrected chi connectivity index (χ1v) is 8.82. The van der Waals surface area contributed by atoms with E-state index in [2.05, 4.69) is 36.1 Å². The van der Waals surface area contributed by atoms with Gasteiger partial charge < -0.3 is 5.32 Å². The summed E-state index contributed by atoms with van der Waals surface area (Å²) in [6.07, 6.45) is 6.81. The zero-order valence-corrected chi connectivity index (χ0v) is 13.3. The van der Waals surface area contributed by atoms with Crippen molar-refractivity contribution in [3.05, 3.63) is 34.9 Å². The van der Waals surface area contributed by atoms with Gasteiger partial charge in [0.1, 0.15) is 0 Å². The third-order valence-electron chi connectivity index (χ3n) is 3.83. The highest BCUT2D eigenvalue weighted by molar-refractivity contribution is 7.99. The van der Waals surface area contributed by atoms with Crippen LogP contribution in [0.4, 0.5) is 0 Å². The fourth-order valence-electron chi connectivity index (χ4n) is 2.78. The van der Waals surface area contributed by atoms with Gasteiger partial charge in [-0.2, -0.15) is 11.8 Å². The minimum absolute atomic E-state index is 0.681. The Kier molecular flexibility index (Phi) is 6.55. The van der Waals surface area contributed by atoms with Crippen molar-refractivity contribution < 1.29 is 0 Å². The summed E-state index contributed by atoms with van der Waals surface area (Å²) >= 11 is 8.32. The first-order valence-electron chi connectivity index (χ1n) is 7.39. The summed E-state index contributed by atoms with van der Waals surface area (Å²) in [5.41, 5.74) is 1.27. The Morgan fingerprint density at radius 2 is 2.00 bits per heavy atom. The predicted molar refractivity (Wildman–Crippen MR) is 87.1 cm³/mol. The molecule has 0 aliphatic heterocycles. The molecule has 0 saturated heterocycles. The second-order valence-electron chi connectivity index (χ2n) is 5.24. The lowest BCUT2D eigenvalue weighted by Gasteiger charge is -2.25. The van der Waals surface area contributed by atoms with Crippen LogP contribution in [-0.2, 0) is 5.75 Å². The third kappa shape index (κ3) is 4.70. The molecule has 19 heavy (non-hydrogen) atoms. The summed E-state index contributed by atoms with van der Waals surface area (Å²) in [7, 11) is 0. The minimum atomic E-state index is 0.681. The Morgan fingerprint density at radius 3 is 2.79 bits per heavy atom. The van der Waals surface area contributed by atoms with Gasteiger partial charge in [-0.1, -0.05) is 56.0 Å². The van der Waals surface area contributed by atoms with Gasteiger partial charge in [0.15, 0.2) is 0 Å². The SMILES string of the molecule is CCNC1CCCCCC1SCc1ccccc1Cl. The van der Waals surface area contributed by atoms with Crippen molar-refractivity contribution in [2.24, 2.45) is 0 Å². The molecule has 1 saturated carbocycles. The standard InChI is InChI=1S/C16H24ClNS/c1-2-18-15-10-4-3-5-11-16(15)19-12-13-8-6-7-9-14(13)17/h6-9,15-16,18H,2-5,10-12H2,1H3. The van der Waals surface area contributed by atoms with Crippen LogP contribution >= 0.6 is 23.4 Å². The van der Waals surface area contributed by atoms with E-state index in [1.807, 2.05) is 12.1 Å². The van der Waals surface area contributed by atoms with Gasteiger partial charge in [0.2, 0.25) is 0 Å². The van der Waals surface area contributed by atoms with Gasteiger partial charge in [-0.05, 0) is 31.0 Å². The molecule has 2 atom stereocenters. The Labute approximate surface area is 126 Å². The topological polar surface area (TPSA) is 12.0 Å². The first-order chi connectivity index (χ1) is 9.31. The monoisotopic (exact) mass is 297 g/mol. The number of hydrogen-bond acceptors (Lipinski definition) is 2. The maximum Gasteiger partial charge on any atom is 0.0446 e. The molecule has 0 radical (unpaired) electrons. The highest BCUT2D eigenvalue weighted by atomic mass is 35.5. The molecule has 1 aliphatic carbocycles. The van der Waals surface area contributed by atoms with Crippen molar-refractivity contribution in [2.75, 3.05) is 6.54 Å².